The maximum Gasteiger partial charge on any atom is 0.143 e. The number of hydrogen-bond donors (Lipinski definition) is 2. The molecule has 6 heteroatoms. The summed E-state index contributed by atoms with van der Waals surface area (Å²) in [6, 6.07) is 33.7. The average Bonchev–Trinajstić information content (AvgIpc) is 3.01. The van der Waals surface area contributed by atoms with Crippen LogP contribution in [0.5, 0.6) is 11.5 Å². The standard InChI is InChI=1S/C41H44N4O2/c1-26-22-31(42-44-35-24-29(40(3,4)5)14-20-37(35)46)16-18-33(26)39(28-12-10-9-11-13-28)34-19-17-32(23-27(34)2)43-45-36-25-30(41(6,7)8)15-21-38(36)47/h9-25,39,46-47H,1-8H3. The summed E-state index contributed by atoms with van der Waals surface area (Å²) < 4.78 is 0. The average molecular weight is 625 g/mol. The molecule has 0 aliphatic carbocycles. The van der Waals surface area contributed by atoms with Gasteiger partial charge in [0, 0.05) is 5.92 Å². The Labute approximate surface area is 278 Å². The highest BCUT2D eigenvalue weighted by molar-refractivity contribution is 5.58. The van der Waals surface area contributed by atoms with E-state index in [2.05, 4.69) is 112 Å². The Morgan fingerprint density at radius 1 is 0.489 bits per heavy atom. The van der Waals surface area contributed by atoms with Gasteiger partial charge in [0.15, 0.2) is 0 Å². The maximum absolute atomic E-state index is 10.4. The van der Waals surface area contributed by atoms with Gasteiger partial charge in [-0.25, -0.2) is 0 Å². The zero-order valence-corrected chi connectivity index (χ0v) is 28.6. The minimum Gasteiger partial charge on any atom is -0.506 e. The first kappa shape index (κ1) is 33.3. The van der Waals surface area contributed by atoms with E-state index in [-0.39, 0.29) is 28.2 Å². The van der Waals surface area contributed by atoms with Crippen molar-refractivity contribution in [3.8, 4) is 11.5 Å². The molecule has 0 spiro atoms. The summed E-state index contributed by atoms with van der Waals surface area (Å²) in [5.41, 5.74) is 10.0. The molecule has 5 aromatic carbocycles. The van der Waals surface area contributed by atoms with Gasteiger partial charge in [-0.2, -0.15) is 10.2 Å². The number of phenols is 2. The Hall–Kier alpha value is -5.10. The van der Waals surface area contributed by atoms with Crippen molar-refractivity contribution in [3.63, 3.8) is 0 Å². The van der Waals surface area contributed by atoms with Gasteiger partial charge in [0.25, 0.3) is 0 Å². The molecule has 0 radical (unpaired) electrons. The normalized spacial score (nSPS) is 13.0. The SMILES string of the molecule is Cc1cc(N=Nc2cc(C(C)(C)C)ccc2O)ccc1C(c1ccccc1)c1ccc(N=Nc2cc(C(C)(C)C)ccc2O)cc1C. The molecule has 0 atom stereocenters. The predicted octanol–water partition coefficient (Wildman–Crippen LogP) is 12.3. The summed E-state index contributed by atoms with van der Waals surface area (Å²) in [7, 11) is 0. The van der Waals surface area contributed by atoms with E-state index in [0.29, 0.717) is 22.7 Å². The lowest BCUT2D eigenvalue weighted by molar-refractivity contribution is 0.474. The monoisotopic (exact) mass is 624 g/mol. The fraction of sp³-hybridized carbons (Fsp3) is 0.268. The van der Waals surface area contributed by atoms with Gasteiger partial charge in [-0.05, 0) is 112 Å². The molecule has 0 aliphatic rings. The number of phenolic OH excluding ortho intramolecular Hbond substituents is 2. The molecule has 0 bridgehead atoms. The summed E-state index contributed by atoms with van der Waals surface area (Å²) in [5, 5.41) is 38.6. The van der Waals surface area contributed by atoms with Crippen molar-refractivity contribution in [2.24, 2.45) is 20.5 Å². The van der Waals surface area contributed by atoms with Crippen LogP contribution in [-0.4, -0.2) is 10.2 Å². The van der Waals surface area contributed by atoms with Crippen LogP contribution in [0.15, 0.2) is 124 Å². The van der Waals surface area contributed by atoms with Gasteiger partial charge in [0.2, 0.25) is 0 Å². The molecule has 5 rings (SSSR count). The Balaban J connectivity index is 1.47. The molecule has 0 aliphatic heterocycles. The van der Waals surface area contributed by atoms with Crippen LogP contribution >= 0.6 is 0 Å². The number of aromatic hydroxyl groups is 2. The first-order valence-electron chi connectivity index (χ1n) is 16.0. The summed E-state index contributed by atoms with van der Waals surface area (Å²) >= 11 is 0. The van der Waals surface area contributed by atoms with E-state index in [0.717, 1.165) is 33.4 Å². The Morgan fingerprint density at radius 3 is 1.30 bits per heavy atom. The zero-order valence-electron chi connectivity index (χ0n) is 28.6. The summed E-state index contributed by atoms with van der Waals surface area (Å²) in [4.78, 5) is 0. The zero-order chi connectivity index (χ0) is 33.9. The molecule has 6 nitrogen and oxygen atoms in total. The molecular weight excluding hydrogens is 580 g/mol. The molecule has 2 N–H and O–H groups in total. The van der Waals surface area contributed by atoms with Crippen molar-refractivity contribution >= 4 is 22.7 Å². The topological polar surface area (TPSA) is 89.9 Å². The first-order valence-corrected chi connectivity index (χ1v) is 16.0. The van der Waals surface area contributed by atoms with Gasteiger partial charge in [-0.15, -0.1) is 10.2 Å². The number of hydrogen-bond acceptors (Lipinski definition) is 6. The molecule has 0 heterocycles. The minimum atomic E-state index is -0.0666. The molecule has 240 valence electrons. The fourth-order valence-electron chi connectivity index (χ4n) is 5.63. The third-order valence-corrected chi connectivity index (χ3v) is 8.49. The summed E-state index contributed by atoms with van der Waals surface area (Å²) in [5.74, 6) is 0.189. The number of rotatable bonds is 7. The van der Waals surface area contributed by atoms with Crippen LogP contribution in [0.1, 0.15) is 86.4 Å². The largest absolute Gasteiger partial charge is 0.506 e. The Kier molecular flexibility index (Phi) is 9.43. The van der Waals surface area contributed by atoms with Crippen LogP contribution in [0.4, 0.5) is 22.7 Å². The number of nitrogens with zero attached hydrogens (tertiary/aromatic N) is 4. The quantitative estimate of drug-likeness (QED) is 0.139. The van der Waals surface area contributed by atoms with Crippen LogP contribution in [0.3, 0.4) is 0 Å². The van der Waals surface area contributed by atoms with Crippen molar-refractivity contribution in [3.05, 3.63) is 142 Å². The third-order valence-electron chi connectivity index (χ3n) is 8.49. The van der Waals surface area contributed by atoms with Crippen molar-refractivity contribution in [1.29, 1.82) is 0 Å². The molecule has 0 unspecified atom stereocenters. The second-order valence-electron chi connectivity index (χ2n) is 14.2. The van der Waals surface area contributed by atoms with Crippen molar-refractivity contribution < 1.29 is 10.2 Å². The summed E-state index contributed by atoms with van der Waals surface area (Å²) in [6.45, 7) is 17.0. The van der Waals surface area contributed by atoms with E-state index < -0.39 is 0 Å². The molecular formula is C41H44N4O2. The van der Waals surface area contributed by atoms with E-state index in [4.69, 9.17) is 0 Å². The molecule has 0 amide bonds. The van der Waals surface area contributed by atoms with Crippen molar-refractivity contribution in [2.45, 2.75) is 72.1 Å². The molecule has 47 heavy (non-hydrogen) atoms. The smallest absolute Gasteiger partial charge is 0.143 e. The molecule has 5 aromatic rings. The lowest BCUT2D eigenvalue weighted by atomic mass is 9.81. The summed E-state index contributed by atoms with van der Waals surface area (Å²) in [6.07, 6.45) is 0. The van der Waals surface area contributed by atoms with Crippen LogP contribution in [-0.2, 0) is 10.8 Å². The molecule has 0 fully saturated rings. The van der Waals surface area contributed by atoms with Crippen molar-refractivity contribution in [2.75, 3.05) is 0 Å². The van der Waals surface area contributed by atoms with Gasteiger partial charge in [-0.1, -0.05) is 96.1 Å². The highest BCUT2D eigenvalue weighted by Gasteiger charge is 2.21. The number of benzene rings is 5. The van der Waals surface area contributed by atoms with Crippen LogP contribution in [0, 0.1) is 13.8 Å². The molecule has 0 saturated heterocycles. The van der Waals surface area contributed by atoms with E-state index in [9.17, 15) is 10.2 Å². The first-order chi connectivity index (χ1) is 22.2. The molecule has 0 saturated carbocycles. The van der Waals surface area contributed by atoms with E-state index >= 15 is 0 Å². The van der Waals surface area contributed by atoms with E-state index in [1.165, 1.54) is 5.56 Å². The van der Waals surface area contributed by atoms with Gasteiger partial charge in [0.1, 0.15) is 22.9 Å². The fourth-order valence-corrected chi connectivity index (χ4v) is 5.63. The van der Waals surface area contributed by atoms with Crippen molar-refractivity contribution in [1.82, 2.24) is 0 Å². The van der Waals surface area contributed by atoms with Gasteiger partial charge in [0.05, 0.1) is 11.4 Å². The molecule has 0 aromatic heterocycles. The van der Waals surface area contributed by atoms with Gasteiger partial charge < -0.3 is 10.2 Å². The third kappa shape index (κ3) is 7.83. The van der Waals surface area contributed by atoms with Crippen LogP contribution in [0.25, 0.3) is 0 Å². The number of azo groups is 2. The van der Waals surface area contributed by atoms with E-state index in [1.807, 2.05) is 54.6 Å². The minimum absolute atomic E-state index is 0.0202. The lowest BCUT2D eigenvalue weighted by Crippen LogP contribution is -2.10. The lowest BCUT2D eigenvalue weighted by Gasteiger charge is -2.23. The second kappa shape index (κ2) is 13.3. The van der Waals surface area contributed by atoms with Gasteiger partial charge in [-0.3, -0.25) is 0 Å². The Morgan fingerprint density at radius 2 is 0.915 bits per heavy atom. The highest BCUT2D eigenvalue weighted by atomic mass is 16.3. The maximum atomic E-state index is 10.4. The van der Waals surface area contributed by atoms with E-state index in [1.54, 1.807) is 12.1 Å². The second-order valence-corrected chi connectivity index (χ2v) is 14.2. The number of aryl methyl sites for hydroxylation is 2. The Bertz CT molecular complexity index is 1820. The van der Waals surface area contributed by atoms with Crippen LogP contribution < -0.4 is 0 Å². The highest BCUT2D eigenvalue weighted by Crippen LogP contribution is 2.39. The predicted molar refractivity (Wildman–Crippen MR) is 192 cm³/mol. The van der Waals surface area contributed by atoms with Crippen LogP contribution in [0.2, 0.25) is 0 Å². The van der Waals surface area contributed by atoms with Gasteiger partial charge >= 0.3 is 0 Å².